The Hall–Kier alpha value is -3.99. The number of carbonyl (C=O) groups is 1. The Balaban J connectivity index is 1.92. The molecular formula is C27H25N3O2. The van der Waals surface area contributed by atoms with Crippen LogP contribution in [0.2, 0.25) is 0 Å². The van der Waals surface area contributed by atoms with Gasteiger partial charge in [0.25, 0.3) is 5.91 Å². The predicted molar refractivity (Wildman–Crippen MR) is 129 cm³/mol. The minimum atomic E-state index is -0.300. The zero-order chi connectivity index (χ0) is 22.7. The van der Waals surface area contributed by atoms with E-state index in [1.165, 1.54) is 5.56 Å². The van der Waals surface area contributed by atoms with Gasteiger partial charge in [0.1, 0.15) is 11.5 Å². The normalized spacial score (nSPS) is 10.7. The molecule has 0 aliphatic carbocycles. The summed E-state index contributed by atoms with van der Waals surface area (Å²) in [6, 6.07) is 24.6. The van der Waals surface area contributed by atoms with Crippen LogP contribution in [0.5, 0.6) is 0 Å². The van der Waals surface area contributed by atoms with Crippen molar-refractivity contribution in [1.82, 2.24) is 9.78 Å². The maximum atomic E-state index is 13.2. The van der Waals surface area contributed by atoms with E-state index in [2.05, 4.69) is 17.3 Å². The van der Waals surface area contributed by atoms with Gasteiger partial charge in [0, 0.05) is 5.56 Å². The third kappa shape index (κ3) is 4.23. The van der Waals surface area contributed by atoms with Crippen LogP contribution in [-0.4, -0.2) is 15.7 Å². The second-order valence-electron chi connectivity index (χ2n) is 7.76. The van der Waals surface area contributed by atoms with Crippen molar-refractivity contribution >= 4 is 11.7 Å². The highest BCUT2D eigenvalue weighted by Crippen LogP contribution is 2.27. The standard InChI is InChI=1S/C27H25N3O2/c1-4-20-12-16-23(17-13-20)30-26(28-27(32)22-14-10-18(2)11-15-22)24(25(31)19(3)29-30)21-8-6-5-7-9-21/h5-17H,4H2,1-3H3,(H,28,32). The molecule has 0 aliphatic heterocycles. The monoisotopic (exact) mass is 423 g/mol. The van der Waals surface area contributed by atoms with E-state index in [9.17, 15) is 9.59 Å². The van der Waals surface area contributed by atoms with Crippen molar-refractivity contribution < 1.29 is 4.79 Å². The summed E-state index contributed by atoms with van der Waals surface area (Å²) in [7, 11) is 0. The van der Waals surface area contributed by atoms with Crippen molar-refractivity contribution in [3.63, 3.8) is 0 Å². The van der Waals surface area contributed by atoms with Gasteiger partial charge >= 0.3 is 0 Å². The first-order valence-electron chi connectivity index (χ1n) is 10.6. The number of hydrogen-bond donors (Lipinski definition) is 1. The van der Waals surface area contributed by atoms with Crippen LogP contribution in [0.3, 0.4) is 0 Å². The van der Waals surface area contributed by atoms with Crippen molar-refractivity contribution in [2.24, 2.45) is 0 Å². The molecule has 32 heavy (non-hydrogen) atoms. The summed E-state index contributed by atoms with van der Waals surface area (Å²) in [5.74, 6) is 0.0489. The van der Waals surface area contributed by atoms with Crippen molar-refractivity contribution in [3.8, 4) is 16.8 Å². The summed E-state index contributed by atoms with van der Waals surface area (Å²) in [4.78, 5) is 26.3. The molecule has 0 radical (unpaired) electrons. The third-order valence-corrected chi connectivity index (χ3v) is 5.45. The molecule has 0 aliphatic rings. The number of aromatic nitrogens is 2. The van der Waals surface area contributed by atoms with Crippen molar-refractivity contribution in [1.29, 1.82) is 0 Å². The van der Waals surface area contributed by atoms with E-state index in [1.807, 2.05) is 73.7 Å². The van der Waals surface area contributed by atoms with Crippen LogP contribution < -0.4 is 10.7 Å². The van der Waals surface area contributed by atoms with Gasteiger partial charge in [-0.3, -0.25) is 9.59 Å². The van der Waals surface area contributed by atoms with E-state index in [4.69, 9.17) is 0 Å². The number of nitrogens with zero attached hydrogens (tertiary/aromatic N) is 2. The molecule has 0 saturated carbocycles. The van der Waals surface area contributed by atoms with Gasteiger partial charge in [-0.15, -0.1) is 0 Å². The van der Waals surface area contributed by atoms with Gasteiger partial charge in [0.05, 0.1) is 11.3 Å². The third-order valence-electron chi connectivity index (χ3n) is 5.45. The van der Waals surface area contributed by atoms with Gasteiger partial charge in [-0.1, -0.05) is 67.1 Å². The zero-order valence-electron chi connectivity index (χ0n) is 18.4. The van der Waals surface area contributed by atoms with E-state index in [-0.39, 0.29) is 11.3 Å². The number of anilines is 1. The van der Waals surface area contributed by atoms with Crippen molar-refractivity contribution in [3.05, 3.63) is 111 Å². The fourth-order valence-corrected chi connectivity index (χ4v) is 3.57. The van der Waals surface area contributed by atoms with Crippen LogP contribution in [0, 0.1) is 13.8 Å². The zero-order valence-corrected chi connectivity index (χ0v) is 18.4. The number of amides is 1. The Morgan fingerprint density at radius 2 is 1.56 bits per heavy atom. The molecular weight excluding hydrogens is 398 g/mol. The van der Waals surface area contributed by atoms with Gasteiger partial charge in [-0.25, -0.2) is 4.68 Å². The molecule has 1 aromatic heterocycles. The second kappa shape index (κ2) is 9.02. The lowest BCUT2D eigenvalue weighted by Gasteiger charge is -2.18. The number of hydrogen-bond acceptors (Lipinski definition) is 3. The van der Waals surface area contributed by atoms with Crippen molar-refractivity contribution in [2.75, 3.05) is 5.32 Å². The molecule has 4 aromatic rings. The lowest BCUT2D eigenvalue weighted by molar-refractivity contribution is 0.102. The van der Waals surface area contributed by atoms with Gasteiger partial charge in [-0.05, 0) is 55.7 Å². The molecule has 0 unspecified atom stereocenters. The van der Waals surface area contributed by atoms with Crippen LogP contribution in [0.1, 0.15) is 34.1 Å². The van der Waals surface area contributed by atoms with Gasteiger partial charge in [-0.2, -0.15) is 5.10 Å². The van der Waals surface area contributed by atoms with Gasteiger partial charge in [0.15, 0.2) is 0 Å². The van der Waals surface area contributed by atoms with E-state index in [0.717, 1.165) is 23.2 Å². The summed E-state index contributed by atoms with van der Waals surface area (Å²) < 4.78 is 1.64. The maximum Gasteiger partial charge on any atom is 0.256 e. The largest absolute Gasteiger partial charge is 0.306 e. The fourth-order valence-electron chi connectivity index (χ4n) is 3.57. The summed E-state index contributed by atoms with van der Waals surface area (Å²) in [6.45, 7) is 5.76. The molecule has 160 valence electrons. The van der Waals surface area contributed by atoms with Crippen molar-refractivity contribution in [2.45, 2.75) is 27.2 Å². The molecule has 0 saturated heterocycles. The molecule has 1 heterocycles. The summed E-state index contributed by atoms with van der Waals surface area (Å²) in [5, 5.41) is 7.50. The molecule has 0 atom stereocenters. The van der Waals surface area contributed by atoms with Gasteiger partial charge < -0.3 is 5.32 Å². The number of aryl methyl sites for hydroxylation is 3. The molecule has 3 aromatic carbocycles. The highest BCUT2D eigenvalue weighted by molar-refractivity contribution is 6.05. The number of benzene rings is 3. The van der Waals surface area contributed by atoms with E-state index < -0.39 is 0 Å². The minimum absolute atomic E-state index is 0.211. The quantitative estimate of drug-likeness (QED) is 0.472. The lowest BCUT2D eigenvalue weighted by atomic mass is 10.0. The molecule has 0 bridgehead atoms. The molecule has 1 N–H and O–H groups in total. The number of nitrogens with one attached hydrogen (secondary N) is 1. The van der Waals surface area contributed by atoms with Crippen LogP contribution in [0.15, 0.2) is 83.7 Å². The molecule has 4 rings (SSSR count). The summed E-state index contributed by atoms with van der Waals surface area (Å²) >= 11 is 0. The van der Waals surface area contributed by atoms with E-state index >= 15 is 0 Å². The highest BCUT2D eigenvalue weighted by Gasteiger charge is 2.20. The summed E-state index contributed by atoms with van der Waals surface area (Å²) in [6.07, 6.45) is 0.920. The topological polar surface area (TPSA) is 64.0 Å². The number of carbonyl (C=O) groups excluding carboxylic acids is 1. The Kier molecular flexibility index (Phi) is 5.99. The Morgan fingerprint density at radius 1 is 0.906 bits per heavy atom. The lowest BCUT2D eigenvalue weighted by Crippen LogP contribution is -2.25. The molecule has 5 nitrogen and oxygen atoms in total. The van der Waals surface area contributed by atoms with E-state index in [1.54, 1.807) is 23.7 Å². The number of rotatable bonds is 5. The smallest absolute Gasteiger partial charge is 0.256 e. The van der Waals surface area contributed by atoms with Crippen LogP contribution in [0.25, 0.3) is 16.8 Å². The Bertz CT molecular complexity index is 1310. The average molecular weight is 424 g/mol. The first-order valence-corrected chi connectivity index (χ1v) is 10.6. The van der Waals surface area contributed by atoms with E-state index in [0.29, 0.717) is 22.6 Å². The van der Waals surface area contributed by atoms with Crippen LogP contribution >= 0.6 is 0 Å². The van der Waals surface area contributed by atoms with Crippen LogP contribution in [-0.2, 0) is 6.42 Å². The Labute approximate surface area is 187 Å². The molecule has 0 fully saturated rings. The average Bonchev–Trinajstić information content (AvgIpc) is 2.82. The SMILES string of the molecule is CCc1ccc(-n2nc(C)c(=O)c(-c3ccccc3)c2NC(=O)c2ccc(C)cc2)cc1. The predicted octanol–water partition coefficient (Wildman–Crippen LogP) is 5.33. The minimum Gasteiger partial charge on any atom is -0.306 e. The molecule has 5 heteroatoms. The Morgan fingerprint density at radius 3 is 2.19 bits per heavy atom. The highest BCUT2D eigenvalue weighted by atomic mass is 16.2. The van der Waals surface area contributed by atoms with Gasteiger partial charge in [0.2, 0.25) is 5.43 Å². The summed E-state index contributed by atoms with van der Waals surface area (Å²) in [5.41, 5.74) is 4.82. The first kappa shape index (κ1) is 21.2. The maximum absolute atomic E-state index is 13.2. The molecule has 1 amide bonds. The molecule has 0 spiro atoms. The van der Waals surface area contributed by atoms with Crippen LogP contribution in [0.4, 0.5) is 5.82 Å². The fraction of sp³-hybridized carbons (Fsp3) is 0.148. The second-order valence-corrected chi connectivity index (χ2v) is 7.76. The first-order chi connectivity index (χ1) is 15.5.